The van der Waals surface area contributed by atoms with E-state index >= 15 is 0 Å². The van der Waals surface area contributed by atoms with Crippen LogP contribution < -0.4 is 0 Å². The van der Waals surface area contributed by atoms with E-state index in [1.807, 2.05) is 24.3 Å². The van der Waals surface area contributed by atoms with Crippen LogP contribution in [0.1, 0.15) is 82.1 Å². The highest BCUT2D eigenvalue weighted by molar-refractivity contribution is 5.75. The van der Waals surface area contributed by atoms with Gasteiger partial charge in [-0.2, -0.15) is 0 Å². The molecule has 2 aromatic rings. The fourth-order valence-corrected chi connectivity index (χ4v) is 3.68. The number of esters is 2. The lowest BCUT2D eigenvalue weighted by Gasteiger charge is -2.16. The van der Waals surface area contributed by atoms with Gasteiger partial charge in [0.1, 0.15) is 13.2 Å². The highest BCUT2D eigenvalue weighted by Crippen LogP contribution is 2.17. The van der Waals surface area contributed by atoms with Crippen molar-refractivity contribution in [2.75, 3.05) is 0 Å². The third-order valence-corrected chi connectivity index (χ3v) is 5.96. The summed E-state index contributed by atoms with van der Waals surface area (Å²) in [7, 11) is 0. The summed E-state index contributed by atoms with van der Waals surface area (Å²) in [5, 5.41) is 0. The Morgan fingerprint density at radius 3 is 1.30 bits per heavy atom. The fourth-order valence-electron chi connectivity index (χ4n) is 3.68. The standard InChI is InChI=1S/C29H40O4/c1-5-7-9-24-11-15-26(16-12-24)20-32-28(30)22(3)19-23(4)29(31)33-21-27-17-13-25(14-18-27)10-8-6-2/h11-18,22-23H,5-10,19-21H2,1-4H3. The predicted molar refractivity (Wildman–Crippen MR) is 133 cm³/mol. The number of ether oxygens (including phenoxy) is 2. The minimum Gasteiger partial charge on any atom is -0.461 e. The largest absolute Gasteiger partial charge is 0.461 e. The molecule has 180 valence electrons. The number of rotatable bonds is 14. The summed E-state index contributed by atoms with van der Waals surface area (Å²) >= 11 is 0. The Morgan fingerprint density at radius 1 is 0.636 bits per heavy atom. The molecule has 0 amide bonds. The summed E-state index contributed by atoms with van der Waals surface area (Å²) in [6.07, 6.45) is 7.27. The number of hydrogen-bond donors (Lipinski definition) is 0. The fraction of sp³-hybridized carbons (Fsp3) is 0.517. The maximum Gasteiger partial charge on any atom is 0.309 e. The summed E-state index contributed by atoms with van der Waals surface area (Å²) in [6.45, 7) is 8.48. The van der Waals surface area contributed by atoms with Gasteiger partial charge in [-0.15, -0.1) is 0 Å². The summed E-state index contributed by atoms with van der Waals surface area (Å²) in [4.78, 5) is 24.8. The minimum absolute atomic E-state index is 0.254. The van der Waals surface area contributed by atoms with Crippen LogP contribution in [0.5, 0.6) is 0 Å². The van der Waals surface area contributed by atoms with E-state index in [4.69, 9.17) is 9.47 Å². The SMILES string of the molecule is CCCCc1ccc(COC(=O)C(C)CC(C)C(=O)OCc2ccc(CCCC)cc2)cc1. The van der Waals surface area contributed by atoms with Gasteiger partial charge < -0.3 is 9.47 Å². The Hall–Kier alpha value is -2.62. The van der Waals surface area contributed by atoms with Crippen LogP contribution in [-0.2, 0) is 45.1 Å². The molecule has 4 nitrogen and oxygen atoms in total. The summed E-state index contributed by atoms with van der Waals surface area (Å²) < 4.78 is 10.9. The second-order valence-corrected chi connectivity index (χ2v) is 9.09. The van der Waals surface area contributed by atoms with Crippen LogP contribution in [0.4, 0.5) is 0 Å². The highest BCUT2D eigenvalue weighted by Gasteiger charge is 2.23. The second kappa shape index (κ2) is 14.5. The van der Waals surface area contributed by atoms with Gasteiger partial charge in [-0.1, -0.05) is 89.1 Å². The van der Waals surface area contributed by atoms with E-state index in [9.17, 15) is 9.59 Å². The van der Waals surface area contributed by atoms with Crippen molar-refractivity contribution in [2.24, 2.45) is 11.8 Å². The zero-order chi connectivity index (χ0) is 24.1. The lowest BCUT2D eigenvalue weighted by molar-refractivity contribution is -0.153. The molecule has 0 aliphatic heterocycles. The number of carbonyl (C=O) groups excluding carboxylic acids is 2. The average Bonchev–Trinajstić information content (AvgIpc) is 2.84. The first-order chi connectivity index (χ1) is 15.9. The van der Waals surface area contributed by atoms with Crippen LogP contribution in [0.3, 0.4) is 0 Å². The Morgan fingerprint density at radius 2 is 0.970 bits per heavy atom. The molecule has 0 bridgehead atoms. The van der Waals surface area contributed by atoms with Gasteiger partial charge in [-0.05, 0) is 54.4 Å². The van der Waals surface area contributed by atoms with Crippen molar-refractivity contribution in [3.05, 3.63) is 70.8 Å². The Balaban J connectivity index is 1.71. The van der Waals surface area contributed by atoms with Gasteiger partial charge in [0.05, 0.1) is 11.8 Å². The predicted octanol–water partition coefficient (Wildman–Crippen LogP) is 6.82. The van der Waals surface area contributed by atoms with Gasteiger partial charge in [-0.25, -0.2) is 0 Å². The molecule has 0 saturated carbocycles. The van der Waals surface area contributed by atoms with E-state index in [2.05, 4.69) is 38.1 Å². The topological polar surface area (TPSA) is 52.6 Å². The molecule has 0 N–H and O–H groups in total. The number of benzene rings is 2. The summed E-state index contributed by atoms with van der Waals surface area (Å²) in [5.74, 6) is -1.30. The third-order valence-electron chi connectivity index (χ3n) is 5.96. The lowest BCUT2D eigenvalue weighted by atomic mass is 9.97. The van der Waals surface area contributed by atoms with Crippen molar-refractivity contribution in [1.82, 2.24) is 0 Å². The Kier molecular flexibility index (Phi) is 11.7. The number of hydrogen-bond acceptors (Lipinski definition) is 4. The van der Waals surface area contributed by atoms with Crippen molar-refractivity contribution in [1.29, 1.82) is 0 Å². The average molecular weight is 453 g/mol. The van der Waals surface area contributed by atoms with Crippen molar-refractivity contribution in [2.45, 2.75) is 85.9 Å². The van der Waals surface area contributed by atoms with E-state index in [-0.39, 0.29) is 37.0 Å². The maximum atomic E-state index is 12.4. The second-order valence-electron chi connectivity index (χ2n) is 9.09. The first-order valence-electron chi connectivity index (χ1n) is 12.4. The van der Waals surface area contributed by atoms with Crippen molar-refractivity contribution in [3.63, 3.8) is 0 Å². The van der Waals surface area contributed by atoms with Crippen LogP contribution in [-0.4, -0.2) is 11.9 Å². The van der Waals surface area contributed by atoms with Crippen molar-refractivity contribution >= 4 is 11.9 Å². The molecule has 0 aliphatic carbocycles. The molecule has 33 heavy (non-hydrogen) atoms. The maximum absolute atomic E-state index is 12.4. The van der Waals surface area contributed by atoms with E-state index in [1.165, 1.54) is 36.8 Å². The molecule has 0 aliphatic rings. The van der Waals surface area contributed by atoms with Crippen LogP contribution in [0, 0.1) is 11.8 Å². The van der Waals surface area contributed by atoms with E-state index in [0.717, 1.165) is 24.0 Å². The van der Waals surface area contributed by atoms with Gasteiger partial charge in [0.15, 0.2) is 0 Å². The van der Waals surface area contributed by atoms with E-state index in [0.29, 0.717) is 6.42 Å². The van der Waals surface area contributed by atoms with Gasteiger partial charge in [0, 0.05) is 0 Å². The number of carbonyl (C=O) groups is 2. The monoisotopic (exact) mass is 452 g/mol. The molecule has 0 spiro atoms. The van der Waals surface area contributed by atoms with Crippen LogP contribution in [0.25, 0.3) is 0 Å². The van der Waals surface area contributed by atoms with Crippen LogP contribution in [0.15, 0.2) is 48.5 Å². The lowest BCUT2D eigenvalue weighted by Crippen LogP contribution is -2.22. The molecule has 4 heteroatoms. The molecular weight excluding hydrogens is 412 g/mol. The molecule has 0 heterocycles. The Bertz CT molecular complexity index is 767. The molecule has 0 saturated heterocycles. The first kappa shape index (κ1) is 26.6. The molecule has 0 aromatic heterocycles. The molecule has 2 aromatic carbocycles. The van der Waals surface area contributed by atoms with Gasteiger partial charge >= 0.3 is 11.9 Å². The molecular formula is C29H40O4. The Labute approximate surface area is 199 Å². The highest BCUT2D eigenvalue weighted by atomic mass is 16.5. The van der Waals surface area contributed by atoms with Gasteiger partial charge in [-0.3, -0.25) is 9.59 Å². The first-order valence-corrected chi connectivity index (χ1v) is 12.4. The van der Waals surface area contributed by atoms with Crippen molar-refractivity contribution < 1.29 is 19.1 Å². The van der Waals surface area contributed by atoms with Gasteiger partial charge in [0.2, 0.25) is 0 Å². The molecule has 2 atom stereocenters. The van der Waals surface area contributed by atoms with Crippen molar-refractivity contribution in [3.8, 4) is 0 Å². The zero-order valence-electron chi connectivity index (χ0n) is 20.8. The summed E-state index contributed by atoms with van der Waals surface area (Å²) in [5.41, 5.74) is 4.56. The molecule has 2 unspecified atom stereocenters. The van der Waals surface area contributed by atoms with Crippen LogP contribution in [0.2, 0.25) is 0 Å². The number of aryl methyl sites for hydroxylation is 2. The zero-order valence-corrected chi connectivity index (χ0v) is 20.8. The minimum atomic E-state index is -0.366. The normalized spacial score (nSPS) is 12.7. The molecule has 2 rings (SSSR count). The van der Waals surface area contributed by atoms with E-state index < -0.39 is 0 Å². The molecule has 0 fully saturated rings. The quantitative estimate of drug-likeness (QED) is 0.295. The molecule has 0 radical (unpaired) electrons. The van der Waals surface area contributed by atoms with Crippen LogP contribution >= 0.6 is 0 Å². The van der Waals surface area contributed by atoms with Gasteiger partial charge in [0.25, 0.3) is 0 Å². The van der Waals surface area contributed by atoms with E-state index in [1.54, 1.807) is 13.8 Å². The third kappa shape index (κ3) is 9.81. The summed E-state index contributed by atoms with van der Waals surface area (Å²) in [6, 6.07) is 16.4. The number of unbranched alkanes of at least 4 members (excludes halogenated alkanes) is 2. The smallest absolute Gasteiger partial charge is 0.309 e.